The van der Waals surface area contributed by atoms with E-state index in [2.05, 4.69) is 261 Å². The summed E-state index contributed by atoms with van der Waals surface area (Å²) in [6, 6.07) is 96.3. The van der Waals surface area contributed by atoms with Crippen molar-refractivity contribution in [1.29, 1.82) is 0 Å². The molecule has 0 amide bonds. The Bertz CT molecular complexity index is 4890. The molecule has 0 atom stereocenters. The Kier molecular flexibility index (Phi) is 9.23. The summed E-state index contributed by atoms with van der Waals surface area (Å²) in [6.07, 6.45) is 0. The first-order valence-electron chi connectivity index (χ1n) is 25.9. The lowest BCUT2D eigenvalue weighted by atomic mass is 10.0. The number of hydrogen-bond donors (Lipinski definition) is 0. The number of benzene rings is 11. The predicted molar refractivity (Wildman–Crippen MR) is 316 cm³/mol. The minimum absolute atomic E-state index is 0.693. The number of rotatable bonds is 7. The molecule has 5 aromatic heterocycles. The molecule has 16 aromatic rings. The Labute approximate surface area is 436 Å². The summed E-state index contributed by atoms with van der Waals surface area (Å²) in [5, 5.41) is 9.54. The van der Waals surface area contributed by atoms with Gasteiger partial charge in [-0.05, 0) is 97.1 Å². The fourth-order valence-corrected chi connectivity index (χ4v) is 12.3. The molecule has 0 aliphatic heterocycles. The first-order chi connectivity index (χ1) is 37.7. The van der Waals surface area contributed by atoms with E-state index in [9.17, 15) is 0 Å². The second kappa shape index (κ2) is 16.6. The second-order valence-electron chi connectivity index (χ2n) is 19.7. The van der Waals surface area contributed by atoms with Crippen LogP contribution < -0.4 is 0 Å². The zero-order valence-corrected chi connectivity index (χ0v) is 41.1. The third-order valence-corrected chi connectivity index (χ3v) is 15.5. The molecule has 0 N–H and O–H groups in total. The van der Waals surface area contributed by atoms with E-state index in [0.29, 0.717) is 5.82 Å². The monoisotopic (exact) mass is 968 g/mol. The van der Waals surface area contributed by atoms with Crippen LogP contribution in [-0.4, -0.2) is 28.2 Å². The van der Waals surface area contributed by atoms with Gasteiger partial charge in [0.1, 0.15) is 0 Å². The predicted octanol–water partition coefficient (Wildman–Crippen LogP) is 17.9. The number of aromatic nitrogens is 6. The highest BCUT2D eigenvalue weighted by atomic mass is 15.0. The normalized spacial score (nSPS) is 11.9. The van der Waals surface area contributed by atoms with Crippen molar-refractivity contribution in [3.05, 3.63) is 267 Å². The summed E-state index contributed by atoms with van der Waals surface area (Å²) >= 11 is 0. The third kappa shape index (κ3) is 6.28. The van der Waals surface area contributed by atoms with E-state index in [0.717, 1.165) is 89.3 Å². The van der Waals surface area contributed by atoms with Crippen LogP contribution >= 0.6 is 0 Å². The van der Waals surface area contributed by atoms with E-state index >= 15 is 0 Å². The van der Waals surface area contributed by atoms with Crippen molar-refractivity contribution in [1.82, 2.24) is 28.2 Å². The molecule has 0 saturated carbocycles. The quantitative estimate of drug-likeness (QED) is 0.160. The summed E-state index contributed by atoms with van der Waals surface area (Å²) in [6.45, 7) is 0. The standard InChI is InChI=1S/C70H44N6/c1-6-20-45(21-7-1)58-44-59(72-70(71-58)46-22-8-2-9-23-46)47-34-38-62-56(42-47)54-37-41-64-66(55-31-17-19-33-61(55)73(64)48-24-10-3-11-25-48)69(54)76(62)51-35-39-63-57(43-51)67-65(74(63)49-26-12-4-13-27-49)40-36-53-52-30-16-18-32-60(52)75(68(53)67)50-28-14-5-15-29-50/h1-44H. The Morgan fingerprint density at radius 1 is 0.224 bits per heavy atom. The van der Waals surface area contributed by atoms with Gasteiger partial charge < -0.3 is 18.3 Å². The molecule has 11 aromatic carbocycles. The Hall–Kier alpha value is -10.3. The van der Waals surface area contributed by atoms with Gasteiger partial charge in [-0.25, -0.2) is 9.97 Å². The molecule has 0 bridgehead atoms. The Balaban J connectivity index is 1.03. The van der Waals surface area contributed by atoms with Crippen LogP contribution in [0.4, 0.5) is 0 Å². The zero-order chi connectivity index (χ0) is 49.8. The molecule has 0 fully saturated rings. The Morgan fingerprint density at radius 3 is 1.26 bits per heavy atom. The van der Waals surface area contributed by atoms with Gasteiger partial charge in [-0.1, -0.05) is 170 Å². The van der Waals surface area contributed by atoms with Gasteiger partial charge in [0.2, 0.25) is 0 Å². The topological polar surface area (TPSA) is 45.5 Å². The highest BCUT2D eigenvalue weighted by Gasteiger charge is 2.25. The molecule has 0 saturated heterocycles. The molecule has 0 spiro atoms. The average molecular weight is 969 g/mol. The fraction of sp³-hybridized carbons (Fsp3) is 0. The van der Waals surface area contributed by atoms with Crippen molar-refractivity contribution in [2.75, 3.05) is 0 Å². The van der Waals surface area contributed by atoms with E-state index in [1.807, 2.05) is 24.3 Å². The van der Waals surface area contributed by atoms with Crippen LogP contribution in [0.3, 0.4) is 0 Å². The number of hydrogen-bond acceptors (Lipinski definition) is 2. The highest BCUT2D eigenvalue weighted by molar-refractivity contribution is 6.28. The Morgan fingerprint density at radius 2 is 0.645 bits per heavy atom. The average Bonchev–Trinajstić information content (AvgIpc) is 4.32. The third-order valence-electron chi connectivity index (χ3n) is 15.5. The first-order valence-corrected chi connectivity index (χ1v) is 25.9. The van der Waals surface area contributed by atoms with Crippen LogP contribution in [-0.2, 0) is 0 Å². The largest absolute Gasteiger partial charge is 0.309 e. The molecule has 5 heterocycles. The van der Waals surface area contributed by atoms with Crippen LogP contribution in [0.2, 0.25) is 0 Å². The molecular formula is C70H44N6. The molecule has 6 heteroatoms. The molecule has 0 unspecified atom stereocenters. The number of nitrogens with zero attached hydrogens (tertiary/aromatic N) is 6. The van der Waals surface area contributed by atoms with E-state index in [1.54, 1.807) is 0 Å². The van der Waals surface area contributed by atoms with Gasteiger partial charge in [0.25, 0.3) is 0 Å². The van der Waals surface area contributed by atoms with Crippen LogP contribution in [0.15, 0.2) is 267 Å². The van der Waals surface area contributed by atoms with Gasteiger partial charge in [-0.15, -0.1) is 0 Å². The van der Waals surface area contributed by atoms with Crippen molar-refractivity contribution in [3.8, 4) is 56.7 Å². The van der Waals surface area contributed by atoms with Crippen molar-refractivity contribution >= 4 is 87.2 Å². The van der Waals surface area contributed by atoms with Crippen molar-refractivity contribution in [2.45, 2.75) is 0 Å². The summed E-state index contributed by atoms with van der Waals surface area (Å²) in [5.41, 5.74) is 18.5. The number of para-hydroxylation sites is 5. The van der Waals surface area contributed by atoms with Crippen molar-refractivity contribution in [3.63, 3.8) is 0 Å². The van der Waals surface area contributed by atoms with E-state index in [-0.39, 0.29) is 0 Å². The first kappa shape index (κ1) is 42.2. The lowest BCUT2D eigenvalue weighted by molar-refractivity contribution is 1.16. The van der Waals surface area contributed by atoms with E-state index in [1.165, 1.54) is 48.7 Å². The minimum Gasteiger partial charge on any atom is -0.309 e. The summed E-state index contributed by atoms with van der Waals surface area (Å²) < 4.78 is 9.86. The van der Waals surface area contributed by atoms with Gasteiger partial charge in [0.05, 0.1) is 55.5 Å². The molecule has 354 valence electrons. The maximum Gasteiger partial charge on any atom is 0.160 e. The maximum absolute atomic E-state index is 5.31. The summed E-state index contributed by atoms with van der Waals surface area (Å²) in [7, 11) is 0. The van der Waals surface area contributed by atoms with Crippen molar-refractivity contribution in [2.24, 2.45) is 0 Å². The summed E-state index contributed by atoms with van der Waals surface area (Å²) in [5.74, 6) is 0.693. The SMILES string of the molecule is c1ccc(-c2cc(-c3ccc4c(c3)c3ccc5c(c6ccccc6n5-c5ccccc5)c3n4-c3ccc4c(c3)c3c(ccc5c6ccccc6n(-c6ccccc6)c53)n4-c3ccccc3)nc(-c3ccccc3)n2)cc1. The smallest absolute Gasteiger partial charge is 0.160 e. The van der Waals surface area contributed by atoms with Crippen LogP contribution in [0.5, 0.6) is 0 Å². The molecule has 16 rings (SSSR count). The summed E-state index contributed by atoms with van der Waals surface area (Å²) in [4.78, 5) is 10.5. The molecule has 0 radical (unpaired) electrons. The van der Waals surface area contributed by atoms with E-state index < -0.39 is 0 Å². The van der Waals surface area contributed by atoms with Crippen LogP contribution in [0.25, 0.3) is 144 Å². The number of fused-ring (bicyclic) bond motifs is 14. The molecule has 0 aliphatic carbocycles. The second-order valence-corrected chi connectivity index (χ2v) is 19.7. The fourth-order valence-electron chi connectivity index (χ4n) is 12.3. The molecule has 76 heavy (non-hydrogen) atoms. The van der Waals surface area contributed by atoms with Gasteiger partial charge >= 0.3 is 0 Å². The molecule has 6 nitrogen and oxygen atoms in total. The lowest BCUT2D eigenvalue weighted by Crippen LogP contribution is -1.97. The van der Waals surface area contributed by atoms with Gasteiger partial charge in [-0.3, -0.25) is 0 Å². The van der Waals surface area contributed by atoms with Crippen LogP contribution in [0.1, 0.15) is 0 Å². The molecular weight excluding hydrogens is 925 g/mol. The zero-order valence-electron chi connectivity index (χ0n) is 41.1. The maximum atomic E-state index is 5.31. The van der Waals surface area contributed by atoms with Crippen molar-refractivity contribution < 1.29 is 0 Å². The van der Waals surface area contributed by atoms with Crippen LogP contribution in [0, 0.1) is 0 Å². The van der Waals surface area contributed by atoms with Gasteiger partial charge in [0, 0.05) is 82.5 Å². The van der Waals surface area contributed by atoms with Gasteiger partial charge in [-0.2, -0.15) is 0 Å². The minimum atomic E-state index is 0.693. The lowest BCUT2D eigenvalue weighted by Gasteiger charge is -2.12. The molecule has 0 aliphatic rings. The van der Waals surface area contributed by atoms with Gasteiger partial charge in [0.15, 0.2) is 5.82 Å². The highest BCUT2D eigenvalue weighted by Crippen LogP contribution is 2.46. The van der Waals surface area contributed by atoms with E-state index in [4.69, 9.17) is 9.97 Å².